The van der Waals surface area contributed by atoms with Crippen molar-refractivity contribution in [2.75, 3.05) is 21.2 Å². The Morgan fingerprint density at radius 1 is 0.765 bits per heavy atom. The number of imide groups is 2. The molecule has 3 heterocycles. The molecule has 6 rings (SSSR count). The van der Waals surface area contributed by atoms with Crippen LogP contribution in [-0.4, -0.2) is 30.4 Å². The Morgan fingerprint density at radius 2 is 1.35 bits per heavy atom. The minimum absolute atomic E-state index is 0.154. The molecular formula is C27H22ClN3O3. The number of amides is 4. The lowest BCUT2D eigenvalue weighted by Gasteiger charge is -2.51. The van der Waals surface area contributed by atoms with Crippen molar-refractivity contribution in [2.24, 2.45) is 5.41 Å². The summed E-state index contributed by atoms with van der Waals surface area (Å²) >= 11 is 6.62. The summed E-state index contributed by atoms with van der Waals surface area (Å²) in [4.78, 5) is 46.9. The van der Waals surface area contributed by atoms with Gasteiger partial charge in [-0.25, -0.2) is 14.6 Å². The Kier molecular flexibility index (Phi) is 4.74. The van der Waals surface area contributed by atoms with Crippen molar-refractivity contribution in [1.82, 2.24) is 0 Å². The van der Waals surface area contributed by atoms with E-state index in [4.69, 9.17) is 11.6 Å². The second-order valence-electron chi connectivity index (χ2n) is 8.97. The van der Waals surface area contributed by atoms with Gasteiger partial charge in [0, 0.05) is 23.7 Å². The first-order chi connectivity index (χ1) is 16.5. The zero-order chi connectivity index (χ0) is 23.4. The number of rotatable bonds is 2. The van der Waals surface area contributed by atoms with Crippen LogP contribution in [0.5, 0.6) is 0 Å². The van der Waals surface area contributed by atoms with E-state index in [1.807, 2.05) is 24.3 Å². The topological polar surface area (TPSA) is 60.9 Å². The third kappa shape index (κ3) is 2.78. The zero-order valence-electron chi connectivity index (χ0n) is 18.4. The highest BCUT2D eigenvalue weighted by molar-refractivity contribution is 6.39. The Labute approximate surface area is 202 Å². The maximum Gasteiger partial charge on any atom is 0.342 e. The van der Waals surface area contributed by atoms with E-state index in [0.29, 0.717) is 22.8 Å². The predicted octanol–water partition coefficient (Wildman–Crippen LogP) is 5.05. The fourth-order valence-electron chi connectivity index (χ4n) is 5.77. The number of barbiturate groups is 1. The summed E-state index contributed by atoms with van der Waals surface area (Å²) in [5.41, 5.74) is 1.17. The van der Waals surface area contributed by atoms with Crippen molar-refractivity contribution >= 4 is 46.5 Å². The molecule has 0 aromatic heterocycles. The number of nitrogens with zero attached hydrogens (tertiary/aromatic N) is 3. The molecule has 170 valence electrons. The quantitative estimate of drug-likeness (QED) is 0.491. The predicted molar refractivity (Wildman–Crippen MR) is 131 cm³/mol. The minimum Gasteiger partial charge on any atom is -0.367 e. The summed E-state index contributed by atoms with van der Waals surface area (Å²) in [7, 11) is 0. The van der Waals surface area contributed by atoms with Crippen LogP contribution in [0.15, 0.2) is 78.9 Å². The van der Waals surface area contributed by atoms with Crippen LogP contribution in [0.1, 0.15) is 18.4 Å². The molecule has 6 nitrogen and oxygen atoms in total. The maximum absolute atomic E-state index is 14.4. The summed E-state index contributed by atoms with van der Waals surface area (Å²) in [5, 5.41) is 0.525. The van der Waals surface area contributed by atoms with E-state index in [-0.39, 0.29) is 12.5 Å². The lowest BCUT2D eigenvalue weighted by molar-refractivity contribution is -0.142. The molecule has 3 aromatic carbocycles. The Hall–Kier alpha value is -3.64. The number of benzene rings is 3. The van der Waals surface area contributed by atoms with Gasteiger partial charge in [-0.2, -0.15) is 0 Å². The normalized spacial score (nSPS) is 21.1. The second kappa shape index (κ2) is 7.71. The van der Waals surface area contributed by atoms with Crippen LogP contribution < -0.4 is 14.7 Å². The van der Waals surface area contributed by atoms with Crippen molar-refractivity contribution in [3.8, 4) is 0 Å². The van der Waals surface area contributed by atoms with Gasteiger partial charge in [-0.15, -0.1) is 0 Å². The van der Waals surface area contributed by atoms with Gasteiger partial charge >= 0.3 is 6.03 Å². The number of para-hydroxylation sites is 2. The fourth-order valence-corrected chi connectivity index (χ4v) is 6.00. The third-order valence-corrected chi connectivity index (χ3v) is 7.62. The summed E-state index contributed by atoms with van der Waals surface area (Å²) in [6.45, 7) is 0.727. The number of carbonyl (C=O) groups is 3. The van der Waals surface area contributed by atoms with Gasteiger partial charge in [0.05, 0.1) is 17.4 Å². The summed E-state index contributed by atoms with van der Waals surface area (Å²) < 4.78 is 0. The Bertz CT molecular complexity index is 1250. The molecule has 3 aromatic rings. The van der Waals surface area contributed by atoms with Gasteiger partial charge in [-0.05, 0) is 54.8 Å². The van der Waals surface area contributed by atoms with Crippen LogP contribution in [0.4, 0.5) is 21.9 Å². The molecule has 3 aliphatic heterocycles. The van der Waals surface area contributed by atoms with Crippen molar-refractivity contribution in [2.45, 2.75) is 25.3 Å². The van der Waals surface area contributed by atoms with Crippen molar-refractivity contribution in [3.63, 3.8) is 0 Å². The van der Waals surface area contributed by atoms with Crippen LogP contribution >= 0.6 is 11.6 Å². The van der Waals surface area contributed by atoms with E-state index in [9.17, 15) is 14.4 Å². The Balaban J connectivity index is 1.60. The highest BCUT2D eigenvalue weighted by Crippen LogP contribution is 2.52. The largest absolute Gasteiger partial charge is 0.367 e. The molecule has 0 bridgehead atoms. The molecule has 1 spiro atoms. The van der Waals surface area contributed by atoms with Crippen LogP contribution in [-0.2, 0) is 16.0 Å². The number of fused-ring (bicyclic) bond motifs is 4. The van der Waals surface area contributed by atoms with Crippen molar-refractivity contribution in [1.29, 1.82) is 0 Å². The number of hydrogen-bond acceptors (Lipinski definition) is 4. The number of urea groups is 1. The summed E-state index contributed by atoms with van der Waals surface area (Å²) in [6, 6.07) is 22.3. The number of carbonyl (C=O) groups excluding carboxylic acids is 3. The fraction of sp³-hybridized carbons (Fsp3) is 0.222. The summed E-state index contributed by atoms with van der Waals surface area (Å²) in [5.74, 6) is -0.966. The first kappa shape index (κ1) is 20.9. The van der Waals surface area contributed by atoms with Crippen LogP contribution in [0.3, 0.4) is 0 Å². The van der Waals surface area contributed by atoms with Crippen molar-refractivity contribution < 1.29 is 14.4 Å². The molecule has 0 radical (unpaired) electrons. The average molecular weight is 472 g/mol. The zero-order valence-corrected chi connectivity index (χ0v) is 19.1. The van der Waals surface area contributed by atoms with Gasteiger partial charge in [-0.1, -0.05) is 54.1 Å². The number of hydrogen-bond donors (Lipinski definition) is 0. The van der Waals surface area contributed by atoms with Gasteiger partial charge in [-0.3, -0.25) is 9.59 Å². The molecule has 2 saturated heterocycles. The van der Waals surface area contributed by atoms with Crippen LogP contribution in [0.2, 0.25) is 5.02 Å². The molecule has 0 saturated carbocycles. The third-order valence-electron chi connectivity index (χ3n) is 7.26. The molecule has 3 aliphatic rings. The van der Waals surface area contributed by atoms with Crippen LogP contribution in [0, 0.1) is 5.41 Å². The van der Waals surface area contributed by atoms with Gasteiger partial charge < -0.3 is 4.90 Å². The lowest BCUT2D eigenvalue weighted by atomic mass is 9.68. The second-order valence-corrected chi connectivity index (χ2v) is 9.38. The molecule has 0 N–H and O–H groups in total. The van der Waals surface area contributed by atoms with E-state index in [2.05, 4.69) is 4.90 Å². The van der Waals surface area contributed by atoms with E-state index >= 15 is 0 Å². The first-order valence-electron chi connectivity index (χ1n) is 11.4. The molecule has 1 atom stereocenters. The smallest absolute Gasteiger partial charge is 0.342 e. The highest BCUT2D eigenvalue weighted by atomic mass is 35.5. The highest BCUT2D eigenvalue weighted by Gasteiger charge is 2.65. The average Bonchev–Trinajstić information content (AvgIpc) is 3.36. The molecular weight excluding hydrogens is 450 g/mol. The van der Waals surface area contributed by atoms with E-state index in [1.165, 1.54) is 9.80 Å². The molecule has 2 fully saturated rings. The van der Waals surface area contributed by atoms with Gasteiger partial charge in [0.1, 0.15) is 0 Å². The van der Waals surface area contributed by atoms with E-state index in [0.717, 1.165) is 24.2 Å². The minimum atomic E-state index is -1.46. The molecule has 0 aliphatic carbocycles. The Morgan fingerprint density at radius 3 is 1.94 bits per heavy atom. The molecule has 4 amide bonds. The van der Waals surface area contributed by atoms with Crippen molar-refractivity contribution in [3.05, 3.63) is 89.4 Å². The standard InChI is InChI=1S/C27H22ClN3O3/c28-21-13-7-14-22-20(21)17-27(23-15-8-16-29(22)23)24(32)30(18-9-3-1-4-10-18)26(34)31(25(27)33)19-11-5-2-6-12-19/h1-7,9-14,23H,8,15-17H2/t23-/m0/s1. The first-order valence-corrected chi connectivity index (χ1v) is 11.8. The summed E-state index contributed by atoms with van der Waals surface area (Å²) in [6.07, 6.45) is 1.69. The molecule has 0 unspecified atom stereocenters. The number of anilines is 3. The molecule has 34 heavy (non-hydrogen) atoms. The maximum atomic E-state index is 14.4. The number of halogens is 1. The SMILES string of the molecule is O=C1N(c2ccccc2)C(=O)C2(Cc3c(Cl)cccc3N3CCC[C@H]32)C(=O)N1c1ccccc1. The van der Waals surface area contributed by atoms with Crippen LogP contribution in [0.25, 0.3) is 0 Å². The lowest BCUT2D eigenvalue weighted by Crippen LogP contribution is -2.72. The van der Waals surface area contributed by atoms with Gasteiger partial charge in [0.2, 0.25) is 0 Å². The van der Waals surface area contributed by atoms with Gasteiger partial charge in [0.25, 0.3) is 11.8 Å². The van der Waals surface area contributed by atoms with E-state index in [1.54, 1.807) is 54.6 Å². The van der Waals surface area contributed by atoms with E-state index < -0.39 is 23.3 Å². The molecule has 7 heteroatoms. The van der Waals surface area contributed by atoms with Gasteiger partial charge in [0.15, 0.2) is 5.41 Å². The monoisotopic (exact) mass is 471 g/mol.